The lowest BCUT2D eigenvalue weighted by Gasteiger charge is -2.13. The molecule has 1 heterocycles. The van der Waals surface area contributed by atoms with Gasteiger partial charge in [-0.1, -0.05) is 42.5 Å². The van der Waals surface area contributed by atoms with Crippen molar-refractivity contribution in [3.8, 4) is 0 Å². The lowest BCUT2D eigenvalue weighted by Crippen LogP contribution is -2.11. The van der Waals surface area contributed by atoms with Crippen molar-refractivity contribution in [2.45, 2.75) is 25.8 Å². The summed E-state index contributed by atoms with van der Waals surface area (Å²) in [4.78, 5) is 4.53. The van der Waals surface area contributed by atoms with E-state index in [2.05, 4.69) is 53.5 Å². The summed E-state index contributed by atoms with van der Waals surface area (Å²) >= 11 is 0. The van der Waals surface area contributed by atoms with Crippen LogP contribution in [0.2, 0.25) is 0 Å². The Morgan fingerprint density at radius 2 is 1.81 bits per heavy atom. The molecule has 0 saturated heterocycles. The van der Waals surface area contributed by atoms with Crippen LogP contribution in [-0.2, 0) is 6.42 Å². The molecule has 3 aromatic rings. The van der Waals surface area contributed by atoms with E-state index < -0.39 is 0 Å². The van der Waals surface area contributed by atoms with Gasteiger partial charge in [-0.05, 0) is 49.1 Å². The van der Waals surface area contributed by atoms with Crippen molar-refractivity contribution < 1.29 is 0 Å². The SMILES string of the molecule is Cc1ccc2cc(C(N)CCc3ccccc3)ccc2n1. The number of benzene rings is 2. The van der Waals surface area contributed by atoms with Gasteiger partial charge >= 0.3 is 0 Å². The third kappa shape index (κ3) is 3.29. The van der Waals surface area contributed by atoms with Crippen LogP contribution in [0.1, 0.15) is 29.3 Å². The molecule has 106 valence electrons. The Morgan fingerprint density at radius 1 is 1.00 bits per heavy atom. The number of aryl methyl sites for hydroxylation is 2. The topological polar surface area (TPSA) is 38.9 Å². The van der Waals surface area contributed by atoms with E-state index in [0.717, 1.165) is 29.4 Å². The number of fused-ring (bicyclic) bond motifs is 1. The highest BCUT2D eigenvalue weighted by Gasteiger charge is 2.07. The summed E-state index contributed by atoms with van der Waals surface area (Å²) in [5.74, 6) is 0. The van der Waals surface area contributed by atoms with E-state index >= 15 is 0 Å². The van der Waals surface area contributed by atoms with Gasteiger partial charge in [0.05, 0.1) is 5.52 Å². The molecule has 0 fully saturated rings. The zero-order chi connectivity index (χ0) is 14.7. The van der Waals surface area contributed by atoms with Crippen LogP contribution in [0, 0.1) is 6.92 Å². The van der Waals surface area contributed by atoms with E-state index in [1.54, 1.807) is 0 Å². The zero-order valence-corrected chi connectivity index (χ0v) is 12.3. The highest BCUT2D eigenvalue weighted by atomic mass is 14.7. The summed E-state index contributed by atoms with van der Waals surface area (Å²) in [7, 11) is 0. The Labute approximate surface area is 125 Å². The summed E-state index contributed by atoms with van der Waals surface area (Å²) in [6.45, 7) is 2.01. The number of rotatable bonds is 4. The fourth-order valence-electron chi connectivity index (χ4n) is 2.61. The first-order valence-corrected chi connectivity index (χ1v) is 7.39. The molecule has 21 heavy (non-hydrogen) atoms. The van der Waals surface area contributed by atoms with Crippen LogP contribution in [0.5, 0.6) is 0 Å². The molecule has 2 heteroatoms. The second kappa shape index (κ2) is 6.06. The number of hydrogen-bond acceptors (Lipinski definition) is 2. The summed E-state index contributed by atoms with van der Waals surface area (Å²) in [5.41, 5.74) is 10.9. The van der Waals surface area contributed by atoms with E-state index in [9.17, 15) is 0 Å². The van der Waals surface area contributed by atoms with Crippen molar-refractivity contribution in [1.29, 1.82) is 0 Å². The maximum atomic E-state index is 6.34. The lowest BCUT2D eigenvalue weighted by atomic mass is 9.98. The molecule has 2 aromatic carbocycles. The third-order valence-corrected chi connectivity index (χ3v) is 3.87. The highest BCUT2D eigenvalue weighted by Crippen LogP contribution is 2.21. The number of nitrogens with two attached hydrogens (primary N) is 1. The van der Waals surface area contributed by atoms with Gasteiger partial charge < -0.3 is 5.73 Å². The molecule has 0 aliphatic carbocycles. The number of pyridine rings is 1. The van der Waals surface area contributed by atoms with Crippen LogP contribution in [0.25, 0.3) is 10.9 Å². The van der Waals surface area contributed by atoms with E-state index in [1.807, 2.05) is 19.1 Å². The quantitative estimate of drug-likeness (QED) is 0.776. The number of aromatic nitrogens is 1. The molecule has 1 unspecified atom stereocenters. The minimum atomic E-state index is 0.0657. The molecule has 0 bridgehead atoms. The minimum absolute atomic E-state index is 0.0657. The molecule has 2 nitrogen and oxygen atoms in total. The van der Waals surface area contributed by atoms with Crippen LogP contribution in [-0.4, -0.2) is 4.98 Å². The molecule has 0 amide bonds. The van der Waals surface area contributed by atoms with Crippen molar-refractivity contribution >= 4 is 10.9 Å². The molecular weight excluding hydrogens is 256 g/mol. The van der Waals surface area contributed by atoms with Gasteiger partial charge in [0, 0.05) is 17.1 Å². The van der Waals surface area contributed by atoms with Gasteiger partial charge in [-0.15, -0.1) is 0 Å². The minimum Gasteiger partial charge on any atom is -0.324 e. The second-order valence-corrected chi connectivity index (χ2v) is 5.54. The van der Waals surface area contributed by atoms with Crippen LogP contribution in [0.15, 0.2) is 60.7 Å². The van der Waals surface area contributed by atoms with Gasteiger partial charge in [0.15, 0.2) is 0 Å². The lowest BCUT2D eigenvalue weighted by molar-refractivity contribution is 0.652. The van der Waals surface area contributed by atoms with Gasteiger partial charge in [0.2, 0.25) is 0 Å². The fraction of sp³-hybridized carbons (Fsp3) is 0.211. The fourth-order valence-corrected chi connectivity index (χ4v) is 2.61. The predicted molar refractivity (Wildman–Crippen MR) is 88.2 cm³/mol. The molecular formula is C19H20N2. The maximum absolute atomic E-state index is 6.34. The van der Waals surface area contributed by atoms with E-state index in [0.29, 0.717) is 0 Å². The Morgan fingerprint density at radius 3 is 2.62 bits per heavy atom. The van der Waals surface area contributed by atoms with Crippen molar-refractivity contribution in [2.75, 3.05) is 0 Å². The molecule has 0 radical (unpaired) electrons. The smallest absolute Gasteiger partial charge is 0.0705 e. The van der Waals surface area contributed by atoms with Crippen molar-refractivity contribution in [3.63, 3.8) is 0 Å². The molecule has 2 N–H and O–H groups in total. The summed E-state index contributed by atoms with van der Waals surface area (Å²) < 4.78 is 0. The van der Waals surface area contributed by atoms with Gasteiger partial charge in [0.1, 0.15) is 0 Å². The third-order valence-electron chi connectivity index (χ3n) is 3.87. The summed E-state index contributed by atoms with van der Waals surface area (Å²) in [6.07, 6.45) is 1.96. The zero-order valence-electron chi connectivity index (χ0n) is 12.3. The molecule has 1 atom stereocenters. The van der Waals surface area contributed by atoms with Crippen molar-refractivity contribution in [2.24, 2.45) is 5.73 Å². The Balaban J connectivity index is 1.75. The average molecular weight is 276 g/mol. The first-order chi connectivity index (χ1) is 10.2. The van der Waals surface area contributed by atoms with Gasteiger partial charge in [-0.3, -0.25) is 4.98 Å². The van der Waals surface area contributed by atoms with Crippen LogP contribution in [0.4, 0.5) is 0 Å². The monoisotopic (exact) mass is 276 g/mol. The summed E-state index contributed by atoms with van der Waals surface area (Å²) in [5, 5.41) is 1.16. The second-order valence-electron chi connectivity index (χ2n) is 5.54. The summed E-state index contributed by atoms with van der Waals surface area (Å²) in [6, 6.07) is 21.1. The molecule has 0 spiro atoms. The first-order valence-electron chi connectivity index (χ1n) is 7.39. The van der Waals surface area contributed by atoms with E-state index in [-0.39, 0.29) is 6.04 Å². The van der Waals surface area contributed by atoms with Crippen LogP contribution in [0.3, 0.4) is 0 Å². The number of nitrogens with zero attached hydrogens (tertiary/aromatic N) is 1. The Kier molecular flexibility index (Phi) is 3.98. The van der Waals surface area contributed by atoms with Gasteiger partial charge in [-0.2, -0.15) is 0 Å². The van der Waals surface area contributed by atoms with Crippen LogP contribution < -0.4 is 5.73 Å². The van der Waals surface area contributed by atoms with E-state index in [1.165, 1.54) is 11.1 Å². The molecule has 1 aromatic heterocycles. The molecule has 3 rings (SSSR count). The van der Waals surface area contributed by atoms with Crippen molar-refractivity contribution in [1.82, 2.24) is 4.98 Å². The largest absolute Gasteiger partial charge is 0.324 e. The Hall–Kier alpha value is -2.19. The highest BCUT2D eigenvalue weighted by molar-refractivity contribution is 5.79. The molecule has 0 aliphatic rings. The first kappa shape index (κ1) is 13.8. The normalized spacial score (nSPS) is 12.5. The Bertz CT molecular complexity index is 735. The molecule has 0 saturated carbocycles. The van der Waals surface area contributed by atoms with Gasteiger partial charge in [0.25, 0.3) is 0 Å². The standard InChI is InChI=1S/C19H20N2/c1-14-7-9-17-13-16(10-12-19(17)21-14)18(20)11-8-15-5-3-2-4-6-15/h2-7,9-10,12-13,18H,8,11,20H2,1H3. The van der Waals surface area contributed by atoms with Crippen molar-refractivity contribution in [3.05, 3.63) is 77.5 Å². The predicted octanol–water partition coefficient (Wildman–Crippen LogP) is 4.18. The average Bonchev–Trinajstić information content (AvgIpc) is 2.53. The maximum Gasteiger partial charge on any atom is 0.0705 e. The van der Waals surface area contributed by atoms with Crippen LogP contribution >= 0.6 is 0 Å². The van der Waals surface area contributed by atoms with Gasteiger partial charge in [-0.25, -0.2) is 0 Å². The number of hydrogen-bond donors (Lipinski definition) is 1. The van der Waals surface area contributed by atoms with E-state index in [4.69, 9.17) is 5.73 Å². The molecule has 0 aliphatic heterocycles.